The molecule has 0 saturated heterocycles. The van der Waals surface area contributed by atoms with E-state index in [1.807, 2.05) is 0 Å². The molecule has 1 amide bonds. The third-order valence-corrected chi connectivity index (χ3v) is 2.34. The quantitative estimate of drug-likeness (QED) is 0.598. The lowest BCUT2D eigenvalue weighted by molar-refractivity contribution is -0.141. The number of hydrogen-bond acceptors (Lipinski definition) is 4. The van der Waals surface area contributed by atoms with Crippen LogP contribution in [0, 0.1) is 0 Å². The number of rotatable bonds is 7. The van der Waals surface area contributed by atoms with Gasteiger partial charge in [-0.2, -0.15) is 13.2 Å². The number of nitrogens with zero attached hydrogens (tertiary/aromatic N) is 1. The van der Waals surface area contributed by atoms with Crippen LogP contribution in [0.1, 0.15) is 23.0 Å². The van der Waals surface area contributed by atoms with Crippen LogP contribution < -0.4 is 11.1 Å². The summed E-state index contributed by atoms with van der Waals surface area (Å²) in [5.41, 5.74) is 4.72. The summed E-state index contributed by atoms with van der Waals surface area (Å²) in [7, 11) is 0. The normalized spacial score (nSPS) is 11.2. The third kappa shape index (κ3) is 5.42. The molecule has 5 nitrogen and oxygen atoms in total. The highest BCUT2D eigenvalue weighted by molar-refractivity contribution is 5.97. The maximum Gasteiger partial charge on any atom is 0.433 e. The minimum atomic E-state index is -4.59. The van der Waals surface area contributed by atoms with E-state index in [2.05, 4.69) is 16.9 Å². The Hall–Kier alpha value is -2.09. The first kappa shape index (κ1) is 17.0. The lowest BCUT2D eigenvalue weighted by Crippen LogP contribution is -2.20. The fourth-order valence-electron chi connectivity index (χ4n) is 1.44. The number of pyridine rings is 1. The number of anilines is 1. The van der Waals surface area contributed by atoms with Crippen LogP contribution >= 0.6 is 0 Å². The Bertz CT molecular complexity index is 530. The minimum absolute atomic E-state index is 0.108. The number of carbonyl (C=O) groups excluding carboxylic acids is 1. The molecule has 0 atom stereocenters. The van der Waals surface area contributed by atoms with Crippen LogP contribution in [0.4, 0.5) is 19.0 Å². The van der Waals surface area contributed by atoms with Crippen LogP contribution in [0.2, 0.25) is 0 Å². The summed E-state index contributed by atoms with van der Waals surface area (Å²) in [4.78, 5) is 14.6. The fourth-order valence-corrected chi connectivity index (χ4v) is 1.44. The molecule has 1 heterocycles. The largest absolute Gasteiger partial charge is 0.433 e. The first-order valence-corrected chi connectivity index (χ1v) is 6.06. The number of alkyl halides is 3. The zero-order chi connectivity index (χ0) is 16.0. The molecule has 3 N–H and O–H groups in total. The second-order valence-electron chi connectivity index (χ2n) is 4.39. The lowest BCUT2D eigenvalue weighted by Gasteiger charge is -2.12. The van der Waals surface area contributed by atoms with Gasteiger partial charge in [-0.25, -0.2) is 4.98 Å². The van der Waals surface area contributed by atoms with Crippen LogP contribution in [-0.4, -0.2) is 30.6 Å². The summed E-state index contributed by atoms with van der Waals surface area (Å²) in [6.07, 6.45) is -4.59. The third-order valence-electron chi connectivity index (χ3n) is 2.34. The molecule has 8 heteroatoms. The number of nitrogens with one attached hydrogen (secondary N) is 1. The van der Waals surface area contributed by atoms with Gasteiger partial charge in [0.25, 0.3) is 5.91 Å². The van der Waals surface area contributed by atoms with Crippen LogP contribution in [0.3, 0.4) is 0 Å². The van der Waals surface area contributed by atoms with Crippen molar-refractivity contribution >= 4 is 11.7 Å². The van der Waals surface area contributed by atoms with Gasteiger partial charge < -0.3 is 15.8 Å². The van der Waals surface area contributed by atoms with Crippen molar-refractivity contribution in [1.82, 2.24) is 4.98 Å². The Morgan fingerprint density at radius 1 is 1.48 bits per heavy atom. The average Bonchev–Trinajstić information content (AvgIpc) is 2.36. The highest BCUT2D eigenvalue weighted by atomic mass is 19.4. The van der Waals surface area contributed by atoms with Gasteiger partial charge in [0.15, 0.2) is 0 Å². The Balaban J connectivity index is 2.77. The molecule has 0 aromatic carbocycles. The zero-order valence-electron chi connectivity index (χ0n) is 11.5. The SMILES string of the molecule is C=C(C)COCCNc1nc(C(F)(F)F)ccc1C(N)=O. The van der Waals surface area contributed by atoms with E-state index in [4.69, 9.17) is 10.5 Å². The standard InChI is InChI=1S/C13H16F3N3O2/c1-8(2)7-21-6-5-18-12-9(11(17)20)3-4-10(19-12)13(14,15)16/h3-4H,1,5-7H2,2H3,(H2,17,20)(H,18,19). The molecule has 0 unspecified atom stereocenters. The van der Waals surface area contributed by atoms with Gasteiger partial charge in [-0.15, -0.1) is 0 Å². The number of aromatic nitrogens is 1. The first-order valence-electron chi connectivity index (χ1n) is 6.06. The van der Waals surface area contributed by atoms with Gasteiger partial charge in [0.2, 0.25) is 0 Å². The fraction of sp³-hybridized carbons (Fsp3) is 0.385. The van der Waals surface area contributed by atoms with Gasteiger partial charge in [0, 0.05) is 6.54 Å². The van der Waals surface area contributed by atoms with E-state index in [0.29, 0.717) is 12.7 Å². The molecular formula is C13H16F3N3O2. The molecule has 0 aliphatic heterocycles. The van der Waals surface area contributed by atoms with Crippen LogP contribution in [0.5, 0.6) is 0 Å². The molecule has 0 radical (unpaired) electrons. The molecule has 0 saturated carbocycles. The minimum Gasteiger partial charge on any atom is -0.375 e. The molecule has 21 heavy (non-hydrogen) atoms. The van der Waals surface area contributed by atoms with Gasteiger partial charge in [-0.3, -0.25) is 4.79 Å². The molecule has 0 bridgehead atoms. The summed E-state index contributed by atoms with van der Waals surface area (Å²) in [5.74, 6) is -1.07. The second-order valence-corrected chi connectivity index (χ2v) is 4.39. The van der Waals surface area contributed by atoms with E-state index in [1.54, 1.807) is 6.92 Å². The molecule has 0 fully saturated rings. The number of ether oxygens (including phenoxy) is 1. The average molecular weight is 303 g/mol. The maximum absolute atomic E-state index is 12.6. The second kappa shape index (κ2) is 7.07. The summed E-state index contributed by atoms with van der Waals surface area (Å²) in [5, 5.41) is 2.61. The molecule has 0 aliphatic rings. The molecule has 1 aromatic rings. The molecule has 0 aliphatic carbocycles. The van der Waals surface area contributed by atoms with E-state index in [1.165, 1.54) is 0 Å². The van der Waals surface area contributed by atoms with Gasteiger partial charge >= 0.3 is 6.18 Å². The number of hydrogen-bond donors (Lipinski definition) is 2. The van der Waals surface area contributed by atoms with Crippen molar-refractivity contribution in [3.63, 3.8) is 0 Å². The summed E-state index contributed by atoms with van der Waals surface area (Å²) >= 11 is 0. The lowest BCUT2D eigenvalue weighted by atomic mass is 10.2. The van der Waals surface area contributed by atoms with Crippen molar-refractivity contribution in [2.45, 2.75) is 13.1 Å². The monoisotopic (exact) mass is 303 g/mol. The van der Waals surface area contributed by atoms with E-state index in [0.717, 1.165) is 11.6 Å². The van der Waals surface area contributed by atoms with Crippen molar-refractivity contribution in [2.75, 3.05) is 25.1 Å². The molecular weight excluding hydrogens is 287 g/mol. The summed E-state index contributed by atoms with van der Waals surface area (Å²) in [6, 6.07) is 1.71. The van der Waals surface area contributed by atoms with E-state index in [-0.39, 0.29) is 24.5 Å². The Kier molecular flexibility index (Phi) is 5.71. The Labute approximate surface area is 120 Å². The number of amides is 1. The van der Waals surface area contributed by atoms with E-state index >= 15 is 0 Å². The number of carbonyl (C=O) groups is 1. The van der Waals surface area contributed by atoms with Gasteiger partial charge in [0.05, 0.1) is 18.8 Å². The molecule has 0 spiro atoms. The Morgan fingerprint density at radius 2 is 2.14 bits per heavy atom. The van der Waals surface area contributed by atoms with Gasteiger partial charge in [0.1, 0.15) is 11.5 Å². The highest BCUT2D eigenvalue weighted by Gasteiger charge is 2.33. The number of nitrogens with two attached hydrogens (primary N) is 1. The van der Waals surface area contributed by atoms with Crippen molar-refractivity contribution in [3.8, 4) is 0 Å². The van der Waals surface area contributed by atoms with E-state index in [9.17, 15) is 18.0 Å². The summed E-state index contributed by atoms with van der Waals surface area (Å²) in [6.45, 7) is 6.18. The van der Waals surface area contributed by atoms with Gasteiger partial charge in [-0.1, -0.05) is 12.2 Å². The topological polar surface area (TPSA) is 77.2 Å². The van der Waals surface area contributed by atoms with Crippen molar-refractivity contribution in [2.24, 2.45) is 5.73 Å². The maximum atomic E-state index is 12.6. The summed E-state index contributed by atoms with van der Waals surface area (Å²) < 4.78 is 43.0. The van der Waals surface area contributed by atoms with Gasteiger partial charge in [-0.05, 0) is 19.1 Å². The molecule has 1 rings (SSSR count). The van der Waals surface area contributed by atoms with Crippen LogP contribution in [-0.2, 0) is 10.9 Å². The predicted octanol–water partition coefficient (Wildman–Crippen LogP) is 2.20. The smallest absolute Gasteiger partial charge is 0.375 e. The van der Waals surface area contributed by atoms with Crippen molar-refractivity contribution < 1.29 is 22.7 Å². The zero-order valence-corrected chi connectivity index (χ0v) is 11.5. The molecule has 1 aromatic heterocycles. The van der Waals surface area contributed by atoms with Crippen molar-refractivity contribution in [3.05, 3.63) is 35.5 Å². The predicted molar refractivity (Wildman–Crippen MR) is 71.9 cm³/mol. The molecule has 116 valence electrons. The van der Waals surface area contributed by atoms with Crippen LogP contribution in [0.15, 0.2) is 24.3 Å². The number of halogens is 3. The first-order chi connectivity index (χ1) is 9.71. The highest BCUT2D eigenvalue weighted by Crippen LogP contribution is 2.29. The number of primary amides is 1. The van der Waals surface area contributed by atoms with Crippen LogP contribution in [0.25, 0.3) is 0 Å². The Morgan fingerprint density at radius 3 is 2.67 bits per heavy atom. The van der Waals surface area contributed by atoms with Crippen molar-refractivity contribution in [1.29, 1.82) is 0 Å². The van der Waals surface area contributed by atoms with E-state index < -0.39 is 17.8 Å².